The number of rotatable bonds is 5. The summed E-state index contributed by atoms with van der Waals surface area (Å²) in [6, 6.07) is 15.1. The van der Waals surface area contributed by atoms with Gasteiger partial charge in [0, 0.05) is 59.7 Å². The number of anilines is 2. The van der Waals surface area contributed by atoms with Crippen molar-refractivity contribution in [3.8, 4) is 11.4 Å². The maximum atomic E-state index is 5.65. The molecule has 0 atom stereocenters. The molecule has 1 fully saturated rings. The molecular weight excluding hydrogens is 434 g/mol. The molecule has 6 heteroatoms. The molecule has 0 radical (unpaired) electrons. The summed E-state index contributed by atoms with van der Waals surface area (Å²) < 4.78 is 7.97. The van der Waals surface area contributed by atoms with Crippen molar-refractivity contribution in [1.29, 1.82) is 0 Å². The van der Waals surface area contributed by atoms with Crippen molar-refractivity contribution in [2.45, 2.75) is 41.5 Å². The van der Waals surface area contributed by atoms with Crippen LogP contribution in [0.2, 0.25) is 0 Å². The first-order valence-corrected chi connectivity index (χ1v) is 12.5. The highest BCUT2D eigenvalue weighted by Crippen LogP contribution is 2.36. The molecule has 0 N–H and O–H groups in total. The van der Waals surface area contributed by atoms with E-state index in [0.717, 1.165) is 49.1 Å². The molecule has 0 spiro atoms. The zero-order chi connectivity index (χ0) is 24.7. The number of piperazine rings is 1. The second kappa shape index (κ2) is 9.25. The van der Waals surface area contributed by atoms with Crippen molar-refractivity contribution in [1.82, 2.24) is 14.8 Å². The summed E-state index contributed by atoms with van der Waals surface area (Å²) in [5, 5.41) is 11.7. The quantitative estimate of drug-likeness (QED) is 0.376. The van der Waals surface area contributed by atoms with E-state index in [9.17, 15) is 0 Å². The number of ether oxygens (including phenoxy) is 1. The van der Waals surface area contributed by atoms with Crippen LogP contribution in [0.15, 0.2) is 42.5 Å². The monoisotopic (exact) mass is 469 g/mol. The molecule has 4 aromatic rings. The van der Waals surface area contributed by atoms with Gasteiger partial charge in [0.15, 0.2) is 5.82 Å². The second-order valence-electron chi connectivity index (χ2n) is 9.53. The Bertz CT molecular complexity index is 1360. The molecule has 35 heavy (non-hydrogen) atoms. The molecule has 0 unspecified atom stereocenters. The zero-order valence-corrected chi connectivity index (χ0v) is 21.7. The average Bonchev–Trinajstić information content (AvgIpc) is 3.13. The molecule has 3 heterocycles. The molecule has 1 aliphatic heterocycles. The molecule has 2 aromatic heterocycles. The third-order valence-corrected chi connectivity index (χ3v) is 7.37. The summed E-state index contributed by atoms with van der Waals surface area (Å²) in [5.41, 5.74) is 8.50. The van der Waals surface area contributed by atoms with E-state index in [1.54, 1.807) is 0 Å². The van der Waals surface area contributed by atoms with E-state index < -0.39 is 0 Å². The SMILES string of the molecule is CCOc1ccc(-n2c(C)c3c(C)nnc(N4CCN(c5ccc(C)c(C)c5)CC4)c3c2C)cc1. The van der Waals surface area contributed by atoms with Gasteiger partial charge in [-0.3, -0.25) is 0 Å². The third-order valence-electron chi connectivity index (χ3n) is 7.37. The van der Waals surface area contributed by atoms with Crippen LogP contribution >= 0.6 is 0 Å². The Kier molecular flexibility index (Phi) is 6.13. The van der Waals surface area contributed by atoms with Crippen molar-refractivity contribution in [3.05, 3.63) is 70.7 Å². The molecule has 2 aromatic carbocycles. The highest BCUT2D eigenvalue weighted by molar-refractivity contribution is 5.98. The van der Waals surface area contributed by atoms with Crippen molar-refractivity contribution in [2.24, 2.45) is 0 Å². The fourth-order valence-electron chi connectivity index (χ4n) is 5.34. The summed E-state index contributed by atoms with van der Waals surface area (Å²) in [7, 11) is 0. The van der Waals surface area contributed by atoms with Crippen LogP contribution < -0.4 is 14.5 Å². The van der Waals surface area contributed by atoms with Gasteiger partial charge in [0.2, 0.25) is 0 Å². The summed E-state index contributed by atoms with van der Waals surface area (Å²) in [6.07, 6.45) is 0. The summed E-state index contributed by atoms with van der Waals surface area (Å²) in [5.74, 6) is 1.89. The smallest absolute Gasteiger partial charge is 0.161 e. The Labute approximate surface area is 208 Å². The molecule has 0 bridgehead atoms. The number of nitrogens with zero attached hydrogens (tertiary/aromatic N) is 5. The predicted octanol–water partition coefficient (Wildman–Crippen LogP) is 5.69. The molecule has 0 saturated carbocycles. The largest absolute Gasteiger partial charge is 0.494 e. The standard InChI is InChI=1S/C29H35N5O/c1-7-35-26-12-10-24(11-13-26)34-22(5)27-21(4)30-31-29(28(27)23(34)6)33-16-14-32(15-17-33)25-9-8-19(2)20(3)18-25/h8-13,18H,7,14-17H2,1-6H3. The molecule has 182 valence electrons. The van der Waals surface area contributed by atoms with E-state index in [1.807, 2.05) is 19.1 Å². The number of hydrogen-bond acceptors (Lipinski definition) is 5. The molecule has 1 aliphatic rings. The maximum Gasteiger partial charge on any atom is 0.161 e. The van der Waals surface area contributed by atoms with Crippen molar-refractivity contribution < 1.29 is 4.74 Å². The van der Waals surface area contributed by atoms with Crippen molar-refractivity contribution in [2.75, 3.05) is 42.6 Å². The summed E-state index contributed by atoms with van der Waals surface area (Å²) in [6.45, 7) is 17.3. The lowest BCUT2D eigenvalue weighted by Gasteiger charge is -2.37. The maximum absolute atomic E-state index is 5.65. The van der Waals surface area contributed by atoms with Gasteiger partial charge in [-0.15, -0.1) is 5.10 Å². The molecule has 5 rings (SSSR count). The third kappa shape index (κ3) is 4.11. The molecule has 0 amide bonds. The van der Waals surface area contributed by atoms with Gasteiger partial charge in [0.05, 0.1) is 12.3 Å². The Morgan fingerprint density at radius 1 is 0.714 bits per heavy atom. The second-order valence-corrected chi connectivity index (χ2v) is 9.53. The molecule has 0 aliphatic carbocycles. The van der Waals surface area contributed by atoms with Crippen LogP contribution in [0.3, 0.4) is 0 Å². The van der Waals surface area contributed by atoms with Gasteiger partial charge in [-0.1, -0.05) is 6.07 Å². The van der Waals surface area contributed by atoms with Gasteiger partial charge in [0.25, 0.3) is 0 Å². The minimum atomic E-state index is 0.668. The fourth-order valence-corrected chi connectivity index (χ4v) is 5.34. The normalized spacial score (nSPS) is 14.1. The van der Waals surface area contributed by atoms with Gasteiger partial charge >= 0.3 is 0 Å². The van der Waals surface area contributed by atoms with Crippen LogP contribution in [0.5, 0.6) is 5.75 Å². The fraction of sp³-hybridized carbons (Fsp3) is 0.379. The first-order chi connectivity index (χ1) is 16.9. The van der Waals surface area contributed by atoms with Gasteiger partial charge in [-0.05, 0) is 89.1 Å². The Balaban J connectivity index is 1.48. The first-order valence-electron chi connectivity index (χ1n) is 12.5. The minimum absolute atomic E-state index is 0.668. The lowest BCUT2D eigenvalue weighted by atomic mass is 10.1. The van der Waals surface area contributed by atoms with Crippen LogP contribution in [0.1, 0.15) is 35.1 Å². The summed E-state index contributed by atoms with van der Waals surface area (Å²) >= 11 is 0. The van der Waals surface area contributed by atoms with Gasteiger partial charge in [-0.25, -0.2) is 0 Å². The van der Waals surface area contributed by atoms with Crippen LogP contribution in [-0.4, -0.2) is 47.6 Å². The van der Waals surface area contributed by atoms with E-state index >= 15 is 0 Å². The van der Waals surface area contributed by atoms with Crippen LogP contribution in [0, 0.1) is 34.6 Å². The van der Waals surface area contributed by atoms with E-state index in [4.69, 9.17) is 9.84 Å². The van der Waals surface area contributed by atoms with E-state index in [-0.39, 0.29) is 0 Å². The lowest BCUT2D eigenvalue weighted by Crippen LogP contribution is -2.47. The Morgan fingerprint density at radius 2 is 1.34 bits per heavy atom. The number of benzene rings is 2. The topological polar surface area (TPSA) is 46.4 Å². The molecule has 6 nitrogen and oxygen atoms in total. The number of aromatic nitrogens is 3. The highest BCUT2D eigenvalue weighted by atomic mass is 16.5. The van der Waals surface area contributed by atoms with Crippen LogP contribution in [-0.2, 0) is 0 Å². The Hall–Kier alpha value is -3.54. The Morgan fingerprint density at radius 3 is 2.00 bits per heavy atom. The number of aryl methyl sites for hydroxylation is 5. The van der Waals surface area contributed by atoms with Crippen LogP contribution in [0.4, 0.5) is 11.5 Å². The molecule has 1 saturated heterocycles. The first kappa shape index (κ1) is 23.2. The zero-order valence-electron chi connectivity index (χ0n) is 21.7. The minimum Gasteiger partial charge on any atom is -0.494 e. The van der Waals surface area contributed by atoms with Gasteiger partial charge in [0.1, 0.15) is 5.75 Å². The van der Waals surface area contributed by atoms with Gasteiger partial charge < -0.3 is 19.1 Å². The van der Waals surface area contributed by atoms with E-state index in [2.05, 4.69) is 84.4 Å². The predicted molar refractivity (Wildman–Crippen MR) is 145 cm³/mol. The number of hydrogen-bond donors (Lipinski definition) is 0. The van der Waals surface area contributed by atoms with Crippen molar-refractivity contribution >= 4 is 22.3 Å². The molecular formula is C29H35N5O. The average molecular weight is 470 g/mol. The van der Waals surface area contributed by atoms with Crippen LogP contribution in [0.25, 0.3) is 16.5 Å². The van der Waals surface area contributed by atoms with E-state index in [1.165, 1.54) is 39.0 Å². The summed E-state index contributed by atoms with van der Waals surface area (Å²) in [4.78, 5) is 4.88. The van der Waals surface area contributed by atoms with Crippen molar-refractivity contribution in [3.63, 3.8) is 0 Å². The van der Waals surface area contributed by atoms with E-state index in [0.29, 0.717) is 6.61 Å². The number of fused-ring (bicyclic) bond motifs is 1. The lowest BCUT2D eigenvalue weighted by molar-refractivity contribution is 0.340. The van der Waals surface area contributed by atoms with Gasteiger partial charge in [-0.2, -0.15) is 5.10 Å². The highest BCUT2D eigenvalue weighted by Gasteiger charge is 2.25.